The molecule has 3 rings (SSSR count). The quantitative estimate of drug-likeness (QED) is 0.493. The van der Waals surface area contributed by atoms with Gasteiger partial charge in [0, 0.05) is 26.9 Å². The maximum absolute atomic E-state index is 13.3. The Hall–Kier alpha value is -2.89. The molecule has 1 fully saturated rings. The molecular formula is C19H25N3O7S. The van der Waals surface area contributed by atoms with Crippen molar-refractivity contribution in [3.05, 3.63) is 42.2 Å². The molecular weight excluding hydrogens is 414 g/mol. The van der Waals surface area contributed by atoms with Crippen LogP contribution >= 0.6 is 0 Å². The molecule has 0 radical (unpaired) electrons. The van der Waals surface area contributed by atoms with Crippen LogP contribution in [0.25, 0.3) is 0 Å². The van der Waals surface area contributed by atoms with Gasteiger partial charge < -0.3 is 14.2 Å². The fourth-order valence-corrected chi connectivity index (χ4v) is 4.99. The first kappa shape index (κ1) is 21.8. The lowest BCUT2D eigenvalue weighted by atomic mass is 10.1. The van der Waals surface area contributed by atoms with E-state index in [0.717, 1.165) is 0 Å². The summed E-state index contributed by atoms with van der Waals surface area (Å²) < 4.78 is 44.1. The summed E-state index contributed by atoms with van der Waals surface area (Å²) in [5.74, 6) is -0.256. The Bertz CT molecular complexity index is 997. The van der Waals surface area contributed by atoms with Gasteiger partial charge in [0.05, 0.1) is 19.1 Å². The van der Waals surface area contributed by atoms with Crippen LogP contribution in [0.5, 0.6) is 17.2 Å². The molecule has 2 aromatic rings. The van der Waals surface area contributed by atoms with Crippen LogP contribution in [0.1, 0.15) is 24.6 Å². The van der Waals surface area contributed by atoms with Gasteiger partial charge in [-0.15, -0.1) is 0 Å². The SMILES string of the molecule is COc1ccc(S(=O)(=O)N2CCC(Oc3ccncc3)CC2)c(C(=O)NO)c1OC.[HH]. The molecule has 0 bridgehead atoms. The number of nitrogens with one attached hydrogen (secondary N) is 1. The highest BCUT2D eigenvalue weighted by Gasteiger charge is 2.35. The summed E-state index contributed by atoms with van der Waals surface area (Å²) in [6.45, 7) is 0.430. The number of piperidine rings is 1. The van der Waals surface area contributed by atoms with Gasteiger partial charge in [-0.2, -0.15) is 4.31 Å². The molecule has 0 spiro atoms. The number of pyridine rings is 1. The number of hydrogen-bond acceptors (Lipinski definition) is 8. The zero-order chi connectivity index (χ0) is 21.7. The summed E-state index contributed by atoms with van der Waals surface area (Å²) in [4.78, 5) is 15.9. The number of methoxy groups -OCH3 is 2. The summed E-state index contributed by atoms with van der Waals surface area (Å²) in [6, 6.07) is 6.15. The van der Waals surface area contributed by atoms with Gasteiger partial charge >= 0.3 is 0 Å². The van der Waals surface area contributed by atoms with Gasteiger partial charge in [0.15, 0.2) is 11.5 Å². The third kappa shape index (κ3) is 4.32. The zero-order valence-corrected chi connectivity index (χ0v) is 17.4. The molecule has 0 aliphatic carbocycles. The number of sulfonamides is 1. The highest BCUT2D eigenvalue weighted by molar-refractivity contribution is 7.89. The molecule has 0 unspecified atom stereocenters. The maximum Gasteiger partial charge on any atom is 0.279 e. The van der Waals surface area contributed by atoms with Crippen LogP contribution in [-0.2, 0) is 10.0 Å². The Morgan fingerprint density at radius 1 is 1.17 bits per heavy atom. The number of benzene rings is 1. The molecule has 1 aromatic heterocycles. The number of carbonyl (C=O) groups excluding carboxylic acids is 1. The highest BCUT2D eigenvalue weighted by atomic mass is 32.2. The number of ether oxygens (including phenoxy) is 3. The normalized spacial score (nSPS) is 15.4. The Balaban J connectivity index is 0.00000341. The molecule has 164 valence electrons. The summed E-state index contributed by atoms with van der Waals surface area (Å²) in [5, 5.41) is 9.12. The molecule has 1 saturated heterocycles. The first-order valence-electron chi connectivity index (χ1n) is 9.18. The lowest BCUT2D eigenvalue weighted by Crippen LogP contribution is -2.42. The van der Waals surface area contributed by atoms with Gasteiger partial charge in [-0.05, 0) is 37.1 Å². The second kappa shape index (κ2) is 9.28. The van der Waals surface area contributed by atoms with Gasteiger partial charge in [0.2, 0.25) is 10.0 Å². The van der Waals surface area contributed by atoms with Crippen LogP contribution in [0.4, 0.5) is 0 Å². The molecule has 1 aliphatic heterocycles. The minimum Gasteiger partial charge on any atom is -0.493 e. The van der Waals surface area contributed by atoms with Crippen LogP contribution < -0.4 is 19.7 Å². The van der Waals surface area contributed by atoms with E-state index >= 15 is 0 Å². The van der Waals surface area contributed by atoms with Crippen LogP contribution in [0, 0.1) is 0 Å². The number of amides is 1. The van der Waals surface area contributed by atoms with E-state index < -0.39 is 15.9 Å². The van der Waals surface area contributed by atoms with Crippen molar-refractivity contribution in [1.29, 1.82) is 0 Å². The Morgan fingerprint density at radius 3 is 2.40 bits per heavy atom. The Labute approximate surface area is 175 Å². The van der Waals surface area contributed by atoms with E-state index in [4.69, 9.17) is 19.4 Å². The summed E-state index contributed by atoms with van der Waals surface area (Å²) in [7, 11) is -1.40. The summed E-state index contributed by atoms with van der Waals surface area (Å²) in [6.07, 6.45) is 4.08. The Morgan fingerprint density at radius 2 is 1.83 bits per heavy atom. The molecule has 11 heteroatoms. The molecule has 2 heterocycles. The van der Waals surface area contributed by atoms with Gasteiger partial charge in [0.25, 0.3) is 5.91 Å². The first-order chi connectivity index (χ1) is 14.4. The van der Waals surface area contributed by atoms with Crippen LogP contribution in [-0.4, -0.2) is 62.2 Å². The van der Waals surface area contributed by atoms with Crippen molar-refractivity contribution in [2.75, 3.05) is 27.3 Å². The van der Waals surface area contributed by atoms with E-state index in [9.17, 15) is 13.2 Å². The van der Waals surface area contributed by atoms with Crippen molar-refractivity contribution >= 4 is 15.9 Å². The van der Waals surface area contributed by atoms with Gasteiger partial charge in [0.1, 0.15) is 17.4 Å². The molecule has 30 heavy (non-hydrogen) atoms. The van der Waals surface area contributed by atoms with Crippen LogP contribution in [0.15, 0.2) is 41.6 Å². The van der Waals surface area contributed by atoms with E-state index in [-0.39, 0.29) is 42.6 Å². The monoisotopic (exact) mass is 439 g/mol. The number of rotatable bonds is 7. The standard InChI is InChI=1S/C19H23N3O7S.H2/c1-27-15-3-4-16(17(18(15)28-2)19(23)21-24)30(25,26)22-11-7-14(8-12-22)29-13-5-9-20-10-6-13;/h3-6,9-10,14,24H,7-8,11-12H2,1-2H3,(H,21,23);1H. The van der Waals surface area contributed by atoms with Gasteiger partial charge in [-0.25, -0.2) is 13.9 Å². The second-order valence-electron chi connectivity index (χ2n) is 6.52. The number of carbonyl (C=O) groups is 1. The number of nitrogens with zero attached hydrogens (tertiary/aromatic N) is 2. The van der Waals surface area contributed by atoms with E-state index in [1.54, 1.807) is 24.5 Å². The molecule has 10 nitrogen and oxygen atoms in total. The van der Waals surface area contributed by atoms with Crippen molar-refractivity contribution in [3.63, 3.8) is 0 Å². The lowest BCUT2D eigenvalue weighted by molar-refractivity contribution is 0.0698. The van der Waals surface area contributed by atoms with Crippen molar-refractivity contribution in [1.82, 2.24) is 14.8 Å². The van der Waals surface area contributed by atoms with E-state index in [0.29, 0.717) is 18.6 Å². The molecule has 0 saturated carbocycles. The third-order valence-corrected chi connectivity index (χ3v) is 6.75. The highest BCUT2D eigenvalue weighted by Crippen LogP contribution is 2.37. The minimum atomic E-state index is -4.04. The van der Waals surface area contributed by atoms with Crippen molar-refractivity contribution in [2.24, 2.45) is 0 Å². The average Bonchev–Trinajstić information content (AvgIpc) is 2.78. The van der Waals surface area contributed by atoms with Crippen molar-refractivity contribution < 1.29 is 34.1 Å². The van der Waals surface area contributed by atoms with Crippen molar-refractivity contribution in [3.8, 4) is 17.2 Å². The van der Waals surface area contributed by atoms with E-state index in [1.807, 2.05) is 0 Å². The fourth-order valence-electron chi connectivity index (χ4n) is 3.33. The molecule has 1 aromatic carbocycles. The minimum absolute atomic E-state index is 0. The number of hydrogen-bond donors (Lipinski definition) is 2. The zero-order valence-electron chi connectivity index (χ0n) is 16.6. The van der Waals surface area contributed by atoms with Crippen LogP contribution in [0.2, 0.25) is 0 Å². The second-order valence-corrected chi connectivity index (χ2v) is 8.43. The third-order valence-electron chi connectivity index (χ3n) is 4.81. The number of hydroxylamine groups is 1. The predicted octanol–water partition coefficient (Wildman–Crippen LogP) is 1.70. The largest absolute Gasteiger partial charge is 0.493 e. The van der Waals surface area contributed by atoms with E-state index in [1.165, 1.54) is 36.1 Å². The predicted molar refractivity (Wildman–Crippen MR) is 108 cm³/mol. The smallest absolute Gasteiger partial charge is 0.279 e. The average molecular weight is 439 g/mol. The topological polar surface area (TPSA) is 127 Å². The van der Waals surface area contributed by atoms with Gasteiger partial charge in [-0.1, -0.05) is 0 Å². The molecule has 2 N–H and O–H groups in total. The molecule has 1 aliphatic rings. The van der Waals surface area contributed by atoms with Gasteiger partial charge in [-0.3, -0.25) is 15.0 Å². The summed E-state index contributed by atoms with van der Waals surface area (Å²) >= 11 is 0. The Kier molecular flexibility index (Phi) is 6.75. The first-order valence-corrected chi connectivity index (χ1v) is 10.6. The van der Waals surface area contributed by atoms with E-state index in [2.05, 4.69) is 4.98 Å². The van der Waals surface area contributed by atoms with Crippen molar-refractivity contribution in [2.45, 2.75) is 23.8 Å². The number of aromatic nitrogens is 1. The fraction of sp³-hybridized carbons (Fsp3) is 0.368. The molecule has 1 amide bonds. The summed E-state index contributed by atoms with van der Waals surface area (Å²) in [5.41, 5.74) is 1.15. The molecule has 0 atom stereocenters. The lowest BCUT2D eigenvalue weighted by Gasteiger charge is -2.32. The van der Waals surface area contributed by atoms with Crippen LogP contribution in [0.3, 0.4) is 0 Å². The maximum atomic E-state index is 13.3.